The Kier molecular flexibility index (Phi) is 9.43. The van der Waals surface area contributed by atoms with Crippen LogP contribution < -0.4 is 0 Å². The minimum atomic E-state index is -0.730. The molecular formula is C30H45BO3. The maximum Gasteiger partial charge on any atom is 0.640 e. The van der Waals surface area contributed by atoms with Crippen LogP contribution in [0.4, 0.5) is 0 Å². The Balaban J connectivity index is 1.80. The number of hydrogen-bond donors (Lipinski definition) is 0. The second-order valence-electron chi connectivity index (χ2n) is 11.1. The van der Waals surface area contributed by atoms with Crippen molar-refractivity contribution in [3.63, 3.8) is 0 Å². The average molecular weight is 464 g/mol. The van der Waals surface area contributed by atoms with E-state index >= 15 is 0 Å². The first-order chi connectivity index (χ1) is 16.0. The zero-order valence-electron chi connectivity index (χ0n) is 22.4. The van der Waals surface area contributed by atoms with Gasteiger partial charge in [-0.1, -0.05) is 71.4 Å². The molecule has 0 fully saturated rings. The lowest BCUT2D eigenvalue weighted by Gasteiger charge is -2.36. The van der Waals surface area contributed by atoms with Crippen molar-refractivity contribution in [3.05, 3.63) is 71.4 Å². The highest BCUT2D eigenvalue weighted by Crippen LogP contribution is 2.35. The van der Waals surface area contributed by atoms with Gasteiger partial charge in [0.2, 0.25) is 0 Å². The molecule has 6 unspecified atom stereocenters. The molecule has 3 aliphatic carbocycles. The molecule has 0 N–H and O–H groups in total. The van der Waals surface area contributed by atoms with Gasteiger partial charge in [0, 0.05) is 0 Å². The lowest BCUT2D eigenvalue weighted by molar-refractivity contribution is 0.0150. The van der Waals surface area contributed by atoms with Gasteiger partial charge in [-0.05, 0) is 97.8 Å². The van der Waals surface area contributed by atoms with Gasteiger partial charge in [-0.15, -0.1) is 0 Å². The van der Waals surface area contributed by atoms with Gasteiger partial charge in [-0.25, -0.2) is 0 Å². The van der Waals surface area contributed by atoms with Crippen LogP contribution in [-0.2, 0) is 14.0 Å². The Labute approximate surface area is 208 Å². The van der Waals surface area contributed by atoms with Crippen LogP contribution in [0.3, 0.4) is 0 Å². The maximum absolute atomic E-state index is 6.62. The molecule has 6 atom stereocenters. The zero-order chi connectivity index (χ0) is 25.0. The van der Waals surface area contributed by atoms with Crippen molar-refractivity contribution in [1.82, 2.24) is 0 Å². The molecule has 0 radical (unpaired) electrons. The van der Waals surface area contributed by atoms with E-state index < -0.39 is 7.32 Å². The third kappa shape index (κ3) is 6.96. The normalized spacial score (nSPS) is 31.8. The van der Waals surface area contributed by atoms with Gasteiger partial charge in [-0.2, -0.15) is 0 Å². The second kappa shape index (κ2) is 11.9. The monoisotopic (exact) mass is 464 g/mol. The van der Waals surface area contributed by atoms with Gasteiger partial charge in [0.1, 0.15) is 0 Å². The molecule has 0 aromatic rings. The first kappa shape index (κ1) is 27.0. The van der Waals surface area contributed by atoms with Gasteiger partial charge in [0.05, 0.1) is 18.3 Å². The van der Waals surface area contributed by atoms with Crippen molar-refractivity contribution >= 4 is 7.32 Å². The average Bonchev–Trinajstić information content (AvgIpc) is 2.77. The van der Waals surface area contributed by atoms with Crippen LogP contribution >= 0.6 is 0 Å². The molecule has 0 aromatic carbocycles. The summed E-state index contributed by atoms with van der Waals surface area (Å²) in [5.74, 6) is 1.30. The SMILES string of the molecule is C=C(C)C1CC=C(C)C(OB(OC2CC(C(=C)C)CC=C2C)OC2CC(C(=C)C)CC=C2C)C1. The summed E-state index contributed by atoms with van der Waals surface area (Å²) in [7, 11) is -0.730. The minimum absolute atomic E-state index is 0.0323. The van der Waals surface area contributed by atoms with Gasteiger partial charge >= 0.3 is 7.32 Å². The lowest BCUT2D eigenvalue weighted by atomic mass is 9.82. The highest BCUT2D eigenvalue weighted by atomic mass is 16.7. The van der Waals surface area contributed by atoms with Crippen LogP contribution in [0.2, 0.25) is 0 Å². The summed E-state index contributed by atoms with van der Waals surface area (Å²) in [5.41, 5.74) is 7.38. The van der Waals surface area contributed by atoms with Crippen molar-refractivity contribution in [2.45, 2.75) is 98.4 Å². The summed E-state index contributed by atoms with van der Waals surface area (Å²) < 4.78 is 19.9. The standard InChI is InChI=1S/C30H45BO3/c1-19(2)25-13-10-22(7)28(16-25)32-31(33-29-17-26(20(3)4)14-11-23(29)8)34-30-18-27(21(5)6)15-12-24(30)9/h10-12,25-30H,1,3,5,13-18H2,2,4,6-9H3. The van der Waals surface area contributed by atoms with E-state index in [9.17, 15) is 0 Å². The summed E-state index contributed by atoms with van der Waals surface area (Å²) >= 11 is 0. The Morgan fingerprint density at radius 1 is 0.618 bits per heavy atom. The summed E-state index contributed by atoms with van der Waals surface area (Å²) in [6.07, 6.45) is 12.6. The van der Waals surface area contributed by atoms with E-state index in [0.29, 0.717) is 17.8 Å². The Bertz CT molecular complexity index is 765. The molecule has 0 aromatic heterocycles. The molecule has 34 heavy (non-hydrogen) atoms. The molecule has 0 saturated carbocycles. The first-order valence-corrected chi connectivity index (χ1v) is 13.0. The van der Waals surface area contributed by atoms with Crippen molar-refractivity contribution in [3.8, 4) is 0 Å². The van der Waals surface area contributed by atoms with Gasteiger partial charge in [0.25, 0.3) is 0 Å². The third-order valence-electron chi connectivity index (χ3n) is 8.11. The smallest absolute Gasteiger partial charge is 0.379 e. The van der Waals surface area contributed by atoms with Gasteiger partial charge in [0.15, 0.2) is 0 Å². The van der Waals surface area contributed by atoms with Crippen LogP contribution in [-0.4, -0.2) is 25.6 Å². The van der Waals surface area contributed by atoms with Crippen molar-refractivity contribution in [2.75, 3.05) is 0 Å². The molecule has 0 spiro atoms. The Morgan fingerprint density at radius 3 is 1.12 bits per heavy atom. The van der Waals surface area contributed by atoms with E-state index in [1.54, 1.807) is 0 Å². The van der Waals surface area contributed by atoms with Crippen molar-refractivity contribution < 1.29 is 14.0 Å². The highest BCUT2D eigenvalue weighted by molar-refractivity contribution is 6.36. The van der Waals surface area contributed by atoms with Crippen LogP contribution in [0.25, 0.3) is 0 Å². The fraction of sp³-hybridized carbons (Fsp3) is 0.600. The molecule has 3 nitrogen and oxygen atoms in total. The molecule has 186 valence electrons. The van der Waals surface area contributed by atoms with Crippen LogP contribution in [0.5, 0.6) is 0 Å². The second-order valence-corrected chi connectivity index (χ2v) is 11.1. The van der Waals surface area contributed by atoms with Crippen LogP contribution in [0.1, 0.15) is 80.1 Å². The molecule has 0 aliphatic heterocycles. The largest absolute Gasteiger partial charge is 0.640 e. The van der Waals surface area contributed by atoms with E-state index in [2.05, 4.69) is 79.5 Å². The third-order valence-corrected chi connectivity index (χ3v) is 8.11. The molecule has 3 aliphatic rings. The van der Waals surface area contributed by atoms with Crippen LogP contribution in [0, 0.1) is 17.8 Å². The fourth-order valence-corrected chi connectivity index (χ4v) is 5.19. The Hall–Kier alpha value is -1.62. The number of allylic oxidation sites excluding steroid dienone is 6. The summed E-state index contributed by atoms with van der Waals surface area (Å²) in [4.78, 5) is 0. The highest BCUT2D eigenvalue weighted by Gasteiger charge is 2.38. The predicted octanol–water partition coefficient (Wildman–Crippen LogP) is 7.92. The molecule has 3 rings (SSSR count). The van der Waals surface area contributed by atoms with E-state index in [-0.39, 0.29) is 18.3 Å². The van der Waals surface area contributed by atoms with Crippen LogP contribution in [0.15, 0.2) is 71.4 Å². The summed E-state index contributed by atoms with van der Waals surface area (Å²) in [6, 6.07) is 0. The molecule has 0 saturated heterocycles. The molecular weight excluding hydrogens is 419 g/mol. The molecule has 0 amide bonds. The lowest BCUT2D eigenvalue weighted by Crippen LogP contribution is -2.42. The van der Waals surface area contributed by atoms with E-state index in [1.165, 1.54) is 33.4 Å². The summed E-state index contributed by atoms with van der Waals surface area (Å²) in [5, 5.41) is 0. The topological polar surface area (TPSA) is 27.7 Å². The first-order valence-electron chi connectivity index (χ1n) is 13.0. The van der Waals surface area contributed by atoms with Crippen molar-refractivity contribution in [1.29, 1.82) is 0 Å². The number of rotatable bonds is 9. The van der Waals surface area contributed by atoms with E-state index in [4.69, 9.17) is 14.0 Å². The quantitative estimate of drug-likeness (QED) is 0.256. The van der Waals surface area contributed by atoms with Gasteiger partial charge in [-0.3, -0.25) is 0 Å². The van der Waals surface area contributed by atoms with Gasteiger partial charge < -0.3 is 14.0 Å². The van der Waals surface area contributed by atoms with E-state index in [1.807, 2.05) is 0 Å². The van der Waals surface area contributed by atoms with E-state index in [0.717, 1.165) is 38.5 Å². The minimum Gasteiger partial charge on any atom is -0.379 e. The molecule has 0 heterocycles. The maximum atomic E-state index is 6.62. The zero-order valence-corrected chi connectivity index (χ0v) is 22.4. The molecule has 0 bridgehead atoms. The van der Waals surface area contributed by atoms with Crippen molar-refractivity contribution in [2.24, 2.45) is 17.8 Å². The predicted molar refractivity (Wildman–Crippen MR) is 144 cm³/mol. The Morgan fingerprint density at radius 2 is 0.882 bits per heavy atom. The molecule has 4 heteroatoms. The number of hydrogen-bond acceptors (Lipinski definition) is 3. The summed E-state index contributed by atoms with van der Waals surface area (Å²) in [6.45, 7) is 25.4. The fourth-order valence-electron chi connectivity index (χ4n) is 5.19.